The SMILES string of the molecule is CN1CC(O)C/N=C(/c2ccccc2Cl)c2cc(Br)ccc21. The fourth-order valence-corrected chi connectivity index (χ4v) is 3.25. The van der Waals surface area contributed by atoms with Crippen LogP contribution in [0.15, 0.2) is 51.9 Å². The highest BCUT2D eigenvalue weighted by molar-refractivity contribution is 9.10. The van der Waals surface area contributed by atoms with Gasteiger partial charge in [0.05, 0.1) is 18.4 Å². The second kappa shape index (κ2) is 6.41. The molecule has 22 heavy (non-hydrogen) atoms. The molecule has 1 aliphatic rings. The van der Waals surface area contributed by atoms with Crippen LogP contribution in [0.25, 0.3) is 0 Å². The molecule has 0 aromatic heterocycles. The molecular weight excluding hydrogens is 364 g/mol. The first-order chi connectivity index (χ1) is 10.6. The van der Waals surface area contributed by atoms with Crippen LogP contribution in [0.5, 0.6) is 0 Å². The molecule has 2 aromatic rings. The van der Waals surface area contributed by atoms with Crippen LogP contribution in [0.4, 0.5) is 5.69 Å². The van der Waals surface area contributed by atoms with Crippen molar-refractivity contribution in [2.45, 2.75) is 6.10 Å². The number of aliphatic hydroxyl groups is 1. The molecule has 1 heterocycles. The Morgan fingerprint density at radius 1 is 1.23 bits per heavy atom. The van der Waals surface area contributed by atoms with Crippen LogP contribution in [-0.4, -0.2) is 37.1 Å². The molecule has 2 aromatic carbocycles. The molecule has 1 aliphatic heterocycles. The van der Waals surface area contributed by atoms with Gasteiger partial charge in [-0.05, 0) is 24.3 Å². The van der Waals surface area contributed by atoms with E-state index >= 15 is 0 Å². The predicted molar refractivity (Wildman–Crippen MR) is 95.4 cm³/mol. The van der Waals surface area contributed by atoms with Gasteiger partial charge in [0, 0.05) is 39.9 Å². The van der Waals surface area contributed by atoms with Crippen molar-refractivity contribution in [1.82, 2.24) is 0 Å². The van der Waals surface area contributed by atoms with E-state index in [9.17, 15) is 5.11 Å². The van der Waals surface area contributed by atoms with Gasteiger partial charge >= 0.3 is 0 Å². The highest BCUT2D eigenvalue weighted by Crippen LogP contribution is 2.30. The number of benzene rings is 2. The molecule has 114 valence electrons. The summed E-state index contributed by atoms with van der Waals surface area (Å²) in [5.41, 5.74) is 3.73. The number of halogens is 2. The monoisotopic (exact) mass is 378 g/mol. The quantitative estimate of drug-likeness (QED) is 0.819. The largest absolute Gasteiger partial charge is 0.389 e. The number of likely N-dealkylation sites (N-methyl/N-ethyl adjacent to an activating group) is 1. The van der Waals surface area contributed by atoms with E-state index in [0.717, 1.165) is 27.0 Å². The lowest BCUT2D eigenvalue weighted by Crippen LogP contribution is -2.34. The first-order valence-corrected chi connectivity index (χ1v) is 8.22. The molecule has 0 saturated heterocycles. The lowest BCUT2D eigenvalue weighted by molar-refractivity contribution is 0.190. The van der Waals surface area contributed by atoms with Gasteiger partial charge in [0.25, 0.3) is 0 Å². The van der Waals surface area contributed by atoms with Gasteiger partial charge in [-0.1, -0.05) is 45.7 Å². The summed E-state index contributed by atoms with van der Waals surface area (Å²) in [5.74, 6) is 0. The maximum Gasteiger partial charge on any atom is 0.0909 e. The Hall–Kier alpha value is -1.36. The summed E-state index contributed by atoms with van der Waals surface area (Å²) >= 11 is 9.89. The molecule has 5 heteroatoms. The van der Waals surface area contributed by atoms with Crippen molar-refractivity contribution in [2.24, 2.45) is 4.99 Å². The molecule has 0 bridgehead atoms. The minimum Gasteiger partial charge on any atom is -0.389 e. The van der Waals surface area contributed by atoms with Crippen molar-refractivity contribution in [3.05, 3.63) is 63.1 Å². The molecular formula is C17H16BrClN2O. The maximum atomic E-state index is 10.1. The molecule has 3 rings (SSSR count). The smallest absolute Gasteiger partial charge is 0.0909 e. The van der Waals surface area contributed by atoms with E-state index in [2.05, 4.69) is 25.8 Å². The molecule has 0 spiro atoms. The van der Waals surface area contributed by atoms with E-state index in [-0.39, 0.29) is 0 Å². The number of hydrogen-bond donors (Lipinski definition) is 1. The fourth-order valence-electron chi connectivity index (χ4n) is 2.67. The standard InChI is InChI=1S/C17H16BrClN2O/c1-21-10-12(22)9-20-17(13-4-2-3-5-15(13)19)14-8-11(18)6-7-16(14)21/h2-8,12,22H,9-10H2,1H3/b20-17-. The zero-order valence-corrected chi connectivity index (χ0v) is 14.5. The number of aliphatic imine (C=N–C) groups is 1. The molecule has 1 N–H and O–H groups in total. The summed E-state index contributed by atoms with van der Waals surface area (Å²) < 4.78 is 0.987. The first-order valence-electron chi connectivity index (χ1n) is 7.04. The van der Waals surface area contributed by atoms with Crippen molar-refractivity contribution >= 4 is 38.9 Å². The van der Waals surface area contributed by atoms with E-state index in [1.807, 2.05) is 49.5 Å². The Morgan fingerprint density at radius 3 is 2.77 bits per heavy atom. The highest BCUT2D eigenvalue weighted by atomic mass is 79.9. The van der Waals surface area contributed by atoms with Crippen LogP contribution < -0.4 is 4.90 Å². The molecule has 1 unspecified atom stereocenters. The summed E-state index contributed by atoms with van der Waals surface area (Å²) in [4.78, 5) is 6.70. The Bertz CT molecular complexity index is 732. The van der Waals surface area contributed by atoms with E-state index in [4.69, 9.17) is 11.6 Å². The topological polar surface area (TPSA) is 35.8 Å². The second-order valence-electron chi connectivity index (χ2n) is 5.36. The Kier molecular flexibility index (Phi) is 4.52. The highest BCUT2D eigenvalue weighted by Gasteiger charge is 2.21. The normalized spacial score (nSPS) is 20.6. The molecule has 0 saturated carbocycles. The lowest BCUT2D eigenvalue weighted by atomic mass is 9.98. The number of rotatable bonds is 1. The number of fused-ring (bicyclic) bond motifs is 1. The zero-order chi connectivity index (χ0) is 15.7. The van der Waals surface area contributed by atoms with Crippen molar-refractivity contribution in [3.8, 4) is 0 Å². The molecule has 0 amide bonds. The van der Waals surface area contributed by atoms with Gasteiger partial charge < -0.3 is 10.0 Å². The number of aliphatic hydroxyl groups excluding tert-OH is 1. The van der Waals surface area contributed by atoms with Crippen LogP contribution in [0.1, 0.15) is 11.1 Å². The van der Waals surface area contributed by atoms with Gasteiger partial charge in [0.2, 0.25) is 0 Å². The average molecular weight is 380 g/mol. The minimum atomic E-state index is -0.501. The lowest BCUT2D eigenvalue weighted by Gasteiger charge is -2.28. The molecule has 0 fully saturated rings. The second-order valence-corrected chi connectivity index (χ2v) is 6.69. The van der Waals surface area contributed by atoms with E-state index in [0.29, 0.717) is 18.1 Å². The van der Waals surface area contributed by atoms with Crippen molar-refractivity contribution < 1.29 is 5.11 Å². The Morgan fingerprint density at radius 2 is 2.00 bits per heavy atom. The Labute approximate surface area is 143 Å². The van der Waals surface area contributed by atoms with Crippen LogP contribution >= 0.6 is 27.5 Å². The predicted octanol–water partition coefficient (Wildman–Crippen LogP) is 3.75. The number of anilines is 1. The third kappa shape index (κ3) is 3.05. The van der Waals surface area contributed by atoms with Crippen LogP contribution in [-0.2, 0) is 0 Å². The number of hydrogen-bond acceptors (Lipinski definition) is 3. The number of β-amino-alcohol motifs (C(OH)–C–C–N with tert-alkyl or cyclic N) is 1. The summed E-state index contributed by atoms with van der Waals surface area (Å²) in [6, 6.07) is 13.7. The summed E-state index contributed by atoms with van der Waals surface area (Å²) in [6.07, 6.45) is -0.501. The molecule has 0 aliphatic carbocycles. The van der Waals surface area contributed by atoms with E-state index in [1.165, 1.54) is 0 Å². The van der Waals surface area contributed by atoms with Gasteiger partial charge in [0.15, 0.2) is 0 Å². The maximum absolute atomic E-state index is 10.1. The first kappa shape index (κ1) is 15.5. The van der Waals surface area contributed by atoms with Gasteiger partial charge in [-0.15, -0.1) is 0 Å². The van der Waals surface area contributed by atoms with Crippen LogP contribution in [0.2, 0.25) is 5.02 Å². The van der Waals surface area contributed by atoms with Crippen molar-refractivity contribution in [3.63, 3.8) is 0 Å². The summed E-state index contributed by atoms with van der Waals surface area (Å²) in [5, 5.41) is 10.8. The third-order valence-electron chi connectivity index (χ3n) is 3.70. The van der Waals surface area contributed by atoms with Crippen molar-refractivity contribution in [1.29, 1.82) is 0 Å². The summed E-state index contributed by atoms with van der Waals surface area (Å²) in [6.45, 7) is 0.908. The van der Waals surface area contributed by atoms with E-state index in [1.54, 1.807) is 0 Å². The minimum absolute atomic E-state index is 0.358. The number of nitrogens with zero attached hydrogens (tertiary/aromatic N) is 2. The van der Waals surface area contributed by atoms with Gasteiger partial charge in [-0.2, -0.15) is 0 Å². The third-order valence-corrected chi connectivity index (χ3v) is 4.52. The summed E-state index contributed by atoms with van der Waals surface area (Å²) in [7, 11) is 1.98. The fraction of sp³-hybridized carbons (Fsp3) is 0.235. The molecule has 3 nitrogen and oxygen atoms in total. The average Bonchev–Trinajstić information content (AvgIpc) is 2.48. The molecule has 1 atom stereocenters. The molecule has 0 radical (unpaired) electrons. The van der Waals surface area contributed by atoms with Crippen LogP contribution in [0.3, 0.4) is 0 Å². The Balaban J connectivity index is 2.23. The van der Waals surface area contributed by atoms with Crippen LogP contribution in [0, 0.1) is 0 Å². The zero-order valence-electron chi connectivity index (χ0n) is 12.1. The van der Waals surface area contributed by atoms with Crippen molar-refractivity contribution in [2.75, 3.05) is 25.0 Å². The van der Waals surface area contributed by atoms with Gasteiger partial charge in [-0.25, -0.2) is 0 Å². The van der Waals surface area contributed by atoms with Gasteiger partial charge in [-0.3, -0.25) is 4.99 Å². The van der Waals surface area contributed by atoms with E-state index < -0.39 is 6.10 Å². The van der Waals surface area contributed by atoms with Gasteiger partial charge in [0.1, 0.15) is 0 Å².